The zero-order chi connectivity index (χ0) is 18.1. The highest BCUT2D eigenvalue weighted by Gasteiger charge is 2.21. The summed E-state index contributed by atoms with van der Waals surface area (Å²) < 4.78 is 0. The van der Waals surface area contributed by atoms with E-state index in [1.807, 2.05) is 11.3 Å². The lowest BCUT2D eigenvalue weighted by molar-refractivity contribution is 0.251. The van der Waals surface area contributed by atoms with Gasteiger partial charge in [-0.3, -0.25) is 5.32 Å². The minimum Gasteiger partial charge on any atom is -0.334 e. The van der Waals surface area contributed by atoms with Gasteiger partial charge in [0, 0.05) is 27.7 Å². The third kappa shape index (κ3) is 3.42. The standard InChI is InChI=1S/C20H27N3OS2/c1-3-16-15(14-8-9-21-11-18(14)25-16)10-22-20(24)23-19-12(2)13-6-4-5-7-17(13)26-19/h21H,3-11H2,1-2H3,(H2,22,23,24). The Morgan fingerprint density at radius 2 is 1.96 bits per heavy atom. The maximum Gasteiger partial charge on any atom is 0.320 e. The summed E-state index contributed by atoms with van der Waals surface area (Å²) in [5.74, 6) is 0. The van der Waals surface area contributed by atoms with Gasteiger partial charge >= 0.3 is 6.03 Å². The van der Waals surface area contributed by atoms with Crippen molar-refractivity contribution in [1.82, 2.24) is 10.6 Å². The van der Waals surface area contributed by atoms with Gasteiger partial charge in [0.25, 0.3) is 0 Å². The number of rotatable bonds is 4. The normalized spacial score (nSPS) is 16.1. The van der Waals surface area contributed by atoms with Crippen molar-refractivity contribution in [3.8, 4) is 0 Å². The van der Waals surface area contributed by atoms with E-state index in [1.54, 1.807) is 11.3 Å². The molecule has 2 aliphatic rings. The van der Waals surface area contributed by atoms with E-state index in [0.29, 0.717) is 6.54 Å². The second-order valence-electron chi connectivity index (χ2n) is 7.16. The number of urea groups is 1. The zero-order valence-corrected chi connectivity index (χ0v) is 17.2. The van der Waals surface area contributed by atoms with Gasteiger partial charge in [-0.1, -0.05) is 6.92 Å². The molecule has 0 fully saturated rings. The van der Waals surface area contributed by atoms with E-state index < -0.39 is 0 Å². The van der Waals surface area contributed by atoms with Crippen molar-refractivity contribution < 1.29 is 4.79 Å². The predicted octanol–water partition coefficient (Wildman–Crippen LogP) is 4.53. The van der Waals surface area contributed by atoms with Gasteiger partial charge in [0.1, 0.15) is 0 Å². The first kappa shape index (κ1) is 18.0. The smallest absolute Gasteiger partial charge is 0.320 e. The number of anilines is 1. The maximum atomic E-state index is 12.5. The fourth-order valence-electron chi connectivity index (χ4n) is 4.11. The SMILES string of the molecule is CCc1sc2c(c1CNC(=O)Nc1sc3c(c1C)CCCC3)CCNC2. The van der Waals surface area contributed by atoms with Gasteiger partial charge in [-0.15, -0.1) is 22.7 Å². The summed E-state index contributed by atoms with van der Waals surface area (Å²) in [6.45, 7) is 6.98. The molecular weight excluding hydrogens is 362 g/mol. The van der Waals surface area contributed by atoms with E-state index in [4.69, 9.17) is 0 Å². The topological polar surface area (TPSA) is 53.2 Å². The van der Waals surface area contributed by atoms with Crippen LogP contribution in [-0.2, 0) is 38.8 Å². The van der Waals surface area contributed by atoms with E-state index in [1.165, 1.54) is 56.1 Å². The van der Waals surface area contributed by atoms with Gasteiger partial charge in [-0.25, -0.2) is 4.79 Å². The van der Waals surface area contributed by atoms with E-state index in [-0.39, 0.29) is 6.03 Å². The summed E-state index contributed by atoms with van der Waals surface area (Å²) >= 11 is 3.67. The first-order valence-electron chi connectivity index (χ1n) is 9.66. The maximum absolute atomic E-state index is 12.5. The highest BCUT2D eigenvalue weighted by molar-refractivity contribution is 7.16. The van der Waals surface area contributed by atoms with Gasteiger partial charge in [-0.2, -0.15) is 0 Å². The van der Waals surface area contributed by atoms with Crippen LogP contribution in [-0.4, -0.2) is 12.6 Å². The number of fused-ring (bicyclic) bond motifs is 2. The molecule has 1 aliphatic carbocycles. The van der Waals surface area contributed by atoms with Crippen LogP contribution in [0.2, 0.25) is 0 Å². The second kappa shape index (κ2) is 7.71. The summed E-state index contributed by atoms with van der Waals surface area (Å²) in [7, 11) is 0. The van der Waals surface area contributed by atoms with Crippen molar-refractivity contribution in [2.24, 2.45) is 0 Å². The average molecular weight is 390 g/mol. The lowest BCUT2D eigenvalue weighted by Gasteiger charge is -2.15. The minimum absolute atomic E-state index is 0.0809. The number of carbonyl (C=O) groups is 1. The minimum atomic E-state index is -0.0809. The largest absolute Gasteiger partial charge is 0.334 e. The van der Waals surface area contributed by atoms with Crippen LogP contribution < -0.4 is 16.0 Å². The average Bonchev–Trinajstić information content (AvgIpc) is 3.18. The molecule has 6 heteroatoms. The van der Waals surface area contributed by atoms with Crippen LogP contribution >= 0.6 is 22.7 Å². The molecule has 0 saturated heterocycles. The molecule has 26 heavy (non-hydrogen) atoms. The Hall–Kier alpha value is -1.37. The molecule has 1 aliphatic heterocycles. The van der Waals surface area contributed by atoms with E-state index >= 15 is 0 Å². The van der Waals surface area contributed by atoms with Crippen LogP contribution in [0.25, 0.3) is 0 Å². The van der Waals surface area contributed by atoms with Gasteiger partial charge in [0.2, 0.25) is 0 Å². The molecule has 2 amide bonds. The molecule has 0 bridgehead atoms. The summed E-state index contributed by atoms with van der Waals surface area (Å²) in [5, 5.41) is 10.7. The molecule has 4 nitrogen and oxygen atoms in total. The third-order valence-corrected chi connectivity index (χ3v) is 8.26. The van der Waals surface area contributed by atoms with Gasteiger partial charge in [-0.05, 0) is 74.2 Å². The van der Waals surface area contributed by atoms with Crippen LogP contribution in [0.5, 0.6) is 0 Å². The molecular formula is C20H27N3OS2. The zero-order valence-electron chi connectivity index (χ0n) is 15.6. The van der Waals surface area contributed by atoms with Gasteiger partial charge < -0.3 is 10.6 Å². The molecule has 0 unspecified atom stereocenters. The fraction of sp³-hybridized carbons (Fsp3) is 0.550. The van der Waals surface area contributed by atoms with Crippen LogP contribution in [0.1, 0.15) is 56.7 Å². The number of hydrogen-bond donors (Lipinski definition) is 3. The molecule has 3 N–H and O–H groups in total. The highest BCUT2D eigenvalue weighted by atomic mass is 32.1. The van der Waals surface area contributed by atoms with Crippen LogP contribution in [0.15, 0.2) is 0 Å². The molecule has 0 saturated carbocycles. The van der Waals surface area contributed by atoms with Crippen molar-refractivity contribution in [3.63, 3.8) is 0 Å². The van der Waals surface area contributed by atoms with E-state index in [2.05, 4.69) is 29.8 Å². The number of hydrogen-bond acceptors (Lipinski definition) is 4. The second-order valence-corrected chi connectivity index (χ2v) is 9.45. The summed E-state index contributed by atoms with van der Waals surface area (Å²) in [5.41, 5.74) is 5.57. The number of amides is 2. The Balaban J connectivity index is 1.44. The Kier molecular flexibility index (Phi) is 5.34. The summed E-state index contributed by atoms with van der Waals surface area (Å²) in [6, 6.07) is -0.0809. The van der Waals surface area contributed by atoms with Crippen LogP contribution in [0, 0.1) is 6.92 Å². The lowest BCUT2D eigenvalue weighted by Crippen LogP contribution is -2.29. The van der Waals surface area contributed by atoms with E-state index in [0.717, 1.165) is 37.4 Å². The first-order valence-corrected chi connectivity index (χ1v) is 11.3. The number of carbonyl (C=O) groups excluding carboxylic acids is 1. The highest BCUT2D eigenvalue weighted by Crippen LogP contribution is 2.37. The molecule has 2 aromatic rings. The number of aryl methyl sites for hydroxylation is 2. The number of nitrogens with one attached hydrogen (secondary N) is 3. The monoisotopic (exact) mass is 389 g/mol. The Morgan fingerprint density at radius 3 is 2.77 bits per heavy atom. The molecule has 0 spiro atoms. The number of thiophene rings is 2. The molecule has 0 atom stereocenters. The molecule has 2 aromatic heterocycles. The quantitative estimate of drug-likeness (QED) is 0.720. The van der Waals surface area contributed by atoms with Crippen molar-refractivity contribution in [2.45, 2.75) is 65.5 Å². The van der Waals surface area contributed by atoms with Crippen LogP contribution in [0.3, 0.4) is 0 Å². The molecule has 0 radical (unpaired) electrons. The Bertz CT molecular complexity index is 822. The molecule has 0 aromatic carbocycles. The van der Waals surface area contributed by atoms with Crippen molar-refractivity contribution in [1.29, 1.82) is 0 Å². The van der Waals surface area contributed by atoms with Crippen molar-refractivity contribution in [3.05, 3.63) is 36.9 Å². The Labute approximate surface area is 163 Å². The molecule has 140 valence electrons. The Morgan fingerprint density at radius 1 is 1.12 bits per heavy atom. The predicted molar refractivity (Wildman–Crippen MR) is 111 cm³/mol. The lowest BCUT2D eigenvalue weighted by atomic mass is 9.96. The summed E-state index contributed by atoms with van der Waals surface area (Å²) in [6.07, 6.45) is 6.98. The van der Waals surface area contributed by atoms with Gasteiger partial charge in [0.15, 0.2) is 0 Å². The van der Waals surface area contributed by atoms with Crippen molar-refractivity contribution in [2.75, 3.05) is 11.9 Å². The van der Waals surface area contributed by atoms with Crippen LogP contribution in [0.4, 0.5) is 9.80 Å². The third-order valence-electron chi connectivity index (χ3n) is 5.53. The summed E-state index contributed by atoms with van der Waals surface area (Å²) in [4.78, 5) is 16.9. The molecule has 4 rings (SSSR count). The fourth-order valence-corrected chi connectivity index (χ4v) is 6.68. The van der Waals surface area contributed by atoms with Crippen molar-refractivity contribution >= 4 is 33.7 Å². The molecule has 3 heterocycles. The van der Waals surface area contributed by atoms with Gasteiger partial charge in [0.05, 0.1) is 5.00 Å². The first-order chi connectivity index (χ1) is 12.7. The van der Waals surface area contributed by atoms with E-state index in [9.17, 15) is 4.79 Å².